The summed E-state index contributed by atoms with van der Waals surface area (Å²) >= 11 is 0. The van der Waals surface area contributed by atoms with Crippen LogP contribution in [0.25, 0.3) is 0 Å². The number of nitrogens with one attached hydrogen (secondary N) is 1. The SMILES string of the molecule is NC1CCCC1C(=O)N1CCNC(=O)CC1. The monoisotopic (exact) mass is 225 g/mol. The molecule has 2 aliphatic rings. The van der Waals surface area contributed by atoms with E-state index in [1.54, 1.807) is 4.90 Å². The van der Waals surface area contributed by atoms with Crippen molar-refractivity contribution < 1.29 is 9.59 Å². The van der Waals surface area contributed by atoms with Gasteiger partial charge in [0, 0.05) is 32.1 Å². The number of carbonyl (C=O) groups is 2. The number of rotatable bonds is 1. The van der Waals surface area contributed by atoms with Crippen LogP contribution in [0, 0.1) is 5.92 Å². The molecule has 1 aliphatic carbocycles. The quantitative estimate of drug-likeness (QED) is 0.629. The van der Waals surface area contributed by atoms with Crippen molar-refractivity contribution in [3.63, 3.8) is 0 Å². The molecule has 0 aromatic carbocycles. The van der Waals surface area contributed by atoms with E-state index in [2.05, 4.69) is 5.32 Å². The highest BCUT2D eigenvalue weighted by molar-refractivity contribution is 5.82. The predicted octanol–water partition coefficient (Wildman–Crippen LogP) is -0.538. The van der Waals surface area contributed by atoms with Gasteiger partial charge in [-0.2, -0.15) is 0 Å². The van der Waals surface area contributed by atoms with Crippen LogP contribution in [0.3, 0.4) is 0 Å². The van der Waals surface area contributed by atoms with Gasteiger partial charge in [0.25, 0.3) is 0 Å². The van der Waals surface area contributed by atoms with Crippen LogP contribution < -0.4 is 11.1 Å². The maximum absolute atomic E-state index is 12.2. The number of nitrogens with two attached hydrogens (primary N) is 1. The lowest BCUT2D eigenvalue weighted by molar-refractivity contribution is -0.135. The van der Waals surface area contributed by atoms with E-state index in [0.717, 1.165) is 19.3 Å². The maximum atomic E-state index is 12.2. The summed E-state index contributed by atoms with van der Waals surface area (Å²) in [4.78, 5) is 25.1. The Labute approximate surface area is 95.3 Å². The molecule has 0 aromatic heterocycles. The van der Waals surface area contributed by atoms with Gasteiger partial charge in [0.05, 0.1) is 5.92 Å². The van der Waals surface area contributed by atoms with E-state index in [1.807, 2.05) is 0 Å². The van der Waals surface area contributed by atoms with E-state index >= 15 is 0 Å². The summed E-state index contributed by atoms with van der Waals surface area (Å²) in [5.41, 5.74) is 5.92. The van der Waals surface area contributed by atoms with Crippen molar-refractivity contribution in [3.05, 3.63) is 0 Å². The minimum atomic E-state index is -0.0202. The zero-order valence-electron chi connectivity index (χ0n) is 9.45. The average Bonchev–Trinajstić information content (AvgIpc) is 2.56. The molecule has 1 heterocycles. The zero-order valence-corrected chi connectivity index (χ0v) is 9.45. The molecule has 0 bridgehead atoms. The molecule has 0 spiro atoms. The van der Waals surface area contributed by atoms with E-state index in [9.17, 15) is 9.59 Å². The highest BCUT2D eigenvalue weighted by Crippen LogP contribution is 2.26. The first-order valence-corrected chi connectivity index (χ1v) is 5.99. The highest BCUT2D eigenvalue weighted by Gasteiger charge is 2.33. The third-order valence-corrected chi connectivity index (χ3v) is 3.51. The van der Waals surface area contributed by atoms with Crippen molar-refractivity contribution in [3.8, 4) is 0 Å². The van der Waals surface area contributed by atoms with Crippen molar-refractivity contribution in [2.24, 2.45) is 11.7 Å². The minimum Gasteiger partial charge on any atom is -0.354 e. The smallest absolute Gasteiger partial charge is 0.227 e. The fourth-order valence-electron chi connectivity index (χ4n) is 2.52. The first-order chi connectivity index (χ1) is 7.68. The molecule has 3 N–H and O–H groups in total. The van der Waals surface area contributed by atoms with Crippen LogP contribution in [0.15, 0.2) is 0 Å². The predicted molar refractivity (Wildman–Crippen MR) is 59.5 cm³/mol. The second kappa shape index (κ2) is 4.82. The van der Waals surface area contributed by atoms with Gasteiger partial charge in [-0.3, -0.25) is 9.59 Å². The van der Waals surface area contributed by atoms with Crippen molar-refractivity contribution >= 4 is 11.8 Å². The van der Waals surface area contributed by atoms with Gasteiger partial charge in [0.1, 0.15) is 0 Å². The lowest BCUT2D eigenvalue weighted by atomic mass is 10.0. The Bertz CT molecular complexity index is 293. The van der Waals surface area contributed by atoms with Crippen molar-refractivity contribution in [2.45, 2.75) is 31.7 Å². The zero-order chi connectivity index (χ0) is 11.5. The highest BCUT2D eigenvalue weighted by atomic mass is 16.2. The van der Waals surface area contributed by atoms with Gasteiger partial charge in [-0.1, -0.05) is 6.42 Å². The third kappa shape index (κ3) is 2.35. The van der Waals surface area contributed by atoms with Gasteiger partial charge < -0.3 is 16.0 Å². The molecule has 1 saturated carbocycles. The summed E-state index contributed by atoms with van der Waals surface area (Å²) in [6, 6.07) is 0.0133. The molecular formula is C11H19N3O2. The van der Waals surface area contributed by atoms with Crippen LogP contribution in [0.5, 0.6) is 0 Å². The number of hydrogen-bond acceptors (Lipinski definition) is 3. The molecule has 1 saturated heterocycles. The second-order valence-corrected chi connectivity index (χ2v) is 4.63. The van der Waals surface area contributed by atoms with Crippen LogP contribution >= 0.6 is 0 Å². The summed E-state index contributed by atoms with van der Waals surface area (Å²) in [6.07, 6.45) is 3.30. The largest absolute Gasteiger partial charge is 0.354 e. The second-order valence-electron chi connectivity index (χ2n) is 4.63. The standard InChI is InChI=1S/C11H19N3O2/c12-9-3-1-2-8(9)11(16)14-6-4-10(15)13-5-7-14/h8-9H,1-7,12H2,(H,13,15). The fourth-order valence-corrected chi connectivity index (χ4v) is 2.52. The van der Waals surface area contributed by atoms with Crippen LogP contribution in [-0.4, -0.2) is 42.4 Å². The first-order valence-electron chi connectivity index (χ1n) is 5.99. The number of amides is 2. The summed E-state index contributed by atoms with van der Waals surface area (Å²) in [7, 11) is 0. The maximum Gasteiger partial charge on any atom is 0.227 e. The molecule has 90 valence electrons. The Morgan fingerprint density at radius 3 is 2.88 bits per heavy atom. The minimum absolute atomic E-state index is 0.0133. The molecule has 2 rings (SSSR count). The van der Waals surface area contributed by atoms with Crippen LogP contribution in [0.4, 0.5) is 0 Å². The summed E-state index contributed by atoms with van der Waals surface area (Å²) in [5.74, 6) is 0.153. The van der Waals surface area contributed by atoms with Crippen LogP contribution in [0.2, 0.25) is 0 Å². The van der Waals surface area contributed by atoms with Gasteiger partial charge in [-0.05, 0) is 12.8 Å². The Morgan fingerprint density at radius 2 is 2.19 bits per heavy atom. The first kappa shape index (κ1) is 11.4. The molecule has 0 aromatic rings. The number of carbonyl (C=O) groups excluding carboxylic acids is 2. The average molecular weight is 225 g/mol. The van der Waals surface area contributed by atoms with E-state index in [0.29, 0.717) is 26.1 Å². The molecule has 16 heavy (non-hydrogen) atoms. The summed E-state index contributed by atoms with van der Waals surface area (Å²) in [6.45, 7) is 1.72. The van der Waals surface area contributed by atoms with Crippen molar-refractivity contribution in [1.29, 1.82) is 0 Å². The molecule has 5 heteroatoms. The van der Waals surface area contributed by atoms with E-state index < -0.39 is 0 Å². The summed E-state index contributed by atoms with van der Waals surface area (Å²) in [5, 5.41) is 2.77. The third-order valence-electron chi connectivity index (χ3n) is 3.51. The lowest BCUT2D eigenvalue weighted by Gasteiger charge is -2.25. The summed E-state index contributed by atoms with van der Waals surface area (Å²) < 4.78 is 0. The van der Waals surface area contributed by atoms with Crippen molar-refractivity contribution in [1.82, 2.24) is 10.2 Å². The molecule has 2 unspecified atom stereocenters. The van der Waals surface area contributed by atoms with Gasteiger partial charge in [-0.15, -0.1) is 0 Å². The Kier molecular flexibility index (Phi) is 3.43. The van der Waals surface area contributed by atoms with E-state index in [4.69, 9.17) is 5.73 Å². The van der Waals surface area contributed by atoms with Crippen LogP contribution in [-0.2, 0) is 9.59 Å². The Morgan fingerprint density at radius 1 is 1.38 bits per heavy atom. The van der Waals surface area contributed by atoms with E-state index in [1.165, 1.54) is 0 Å². The number of hydrogen-bond donors (Lipinski definition) is 2. The molecule has 1 aliphatic heterocycles. The molecule has 2 atom stereocenters. The lowest BCUT2D eigenvalue weighted by Crippen LogP contribution is -2.43. The van der Waals surface area contributed by atoms with Gasteiger partial charge in [0.15, 0.2) is 0 Å². The van der Waals surface area contributed by atoms with Crippen LogP contribution in [0.1, 0.15) is 25.7 Å². The Balaban J connectivity index is 1.95. The van der Waals surface area contributed by atoms with Gasteiger partial charge in [0.2, 0.25) is 11.8 Å². The van der Waals surface area contributed by atoms with Gasteiger partial charge in [-0.25, -0.2) is 0 Å². The fraction of sp³-hybridized carbons (Fsp3) is 0.818. The molecule has 2 fully saturated rings. The molecule has 2 amide bonds. The van der Waals surface area contributed by atoms with Crippen molar-refractivity contribution in [2.75, 3.05) is 19.6 Å². The molecular weight excluding hydrogens is 206 g/mol. The topological polar surface area (TPSA) is 75.4 Å². The molecule has 5 nitrogen and oxygen atoms in total. The number of nitrogens with zero attached hydrogens (tertiary/aromatic N) is 1. The van der Waals surface area contributed by atoms with E-state index in [-0.39, 0.29) is 23.8 Å². The Hall–Kier alpha value is -1.10. The molecule has 0 radical (unpaired) electrons. The van der Waals surface area contributed by atoms with Gasteiger partial charge >= 0.3 is 0 Å². The normalized spacial score (nSPS) is 31.1.